The van der Waals surface area contributed by atoms with Gasteiger partial charge in [-0.15, -0.1) is 0 Å². The van der Waals surface area contributed by atoms with Crippen molar-refractivity contribution in [1.29, 1.82) is 0 Å². The van der Waals surface area contributed by atoms with Gasteiger partial charge in [0.05, 0.1) is 0 Å². The maximum absolute atomic E-state index is 3.69. The van der Waals surface area contributed by atoms with Crippen LogP contribution in [0.5, 0.6) is 0 Å². The molecule has 1 N–H and O–H groups in total. The Hall–Kier alpha value is -0.0400. The summed E-state index contributed by atoms with van der Waals surface area (Å²) in [6, 6.07) is 0. The molecular formula is C13H27N. The highest BCUT2D eigenvalue weighted by Gasteiger charge is 2.37. The molecule has 0 amide bonds. The molecule has 0 spiro atoms. The highest BCUT2D eigenvalue weighted by molar-refractivity contribution is 4.90. The normalized spacial score (nSPS) is 21.9. The van der Waals surface area contributed by atoms with Crippen LogP contribution < -0.4 is 5.32 Å². The van der Waals surface area contributed by atoms with E-state index in [0.29, 0.717) is 5.41 Å². The van der Waals surface area contributed by atoms with Gasteiger partial charge in [0.2, 0.25) is 0 Å². The molecule has 0 heterocycles. The lowest BCUT2D eigenvalue weighted by Crippen LogP contribution is -2.45. The number of nitrogens with one attached hydrogen (secondary N) is 1. The summed E-state index contributed by atoms with van der Waals surface area (Å²) in [6.07, 6.45) is 5.72. The van der Waals surface area contributed by atoms with Gasteiger partial charge < -0.3 is 5.32 Å². The lowest BCUT2D eigenvalue weighted by atomic mass is 9.75. The first-order chi connectivity index (χ1) is 6.36. The van der Waals surface area contributed by atoms with Gasteiger partial charge in [0.25, 0.3) is 0 Å². The van der Waals surface area contributed by atoms with E-state index in [0.717, 1.165) is 5.92 Å². The van der Waals surface area contributed by atoms with Crippen LogP contribution in [0.25, 0.3) is 0 Å². The molecule has 14 heavy (non-hydrogen) atoms. The zero-order valence-electron chi connectivity index (χ0n) is 10.6. The molecule has 1 rings (SSSR count). The Balaban J connectivity index is 2.53. The van der Waals surface area contributed by atoms with Crippen molar-refractivity contribution in [2.24, 2.45) is 11.3 Å². The summed E-state index contributed by atoms with van der Waals surface area (Å²) in [5.74, 6) is 0.819. The Morgan fingerprint density at radius 3 is 2.00 bits per heavy atom. The Morgan fingerprint density at radius 2 is 1.64 bits per heavy atom. The van der Waals surface area contributed by atoms with Crippen molar-refractivity contribution >= 4 is 0 Å². The summed E-state index contributed by atoms with van der Waals surface area (Å²) >= 11 is 0. The van der Waals surface area contributed by atoms with Crippen LogP contribution in [0.15, 0.2) is 0 Å². The van der Waals surface area contributed by atoms with E-state index < -0.39 is 0 Å². The maximum Gasteiger partial charge on any atom is 0.00967 e. The van der Waals surface area contributed by atoms with Crippen LogP contribution in [0.1, 0.15) is 60.3 Å². The molecule has 0 radical (unpaired) electrons. The van der Waals surface area contributed by atoms with Crippen LogP contribution in [0.4, 0.5) is 0 Å². The van der Waals surface area contributed by atoms with Crippen molar-refractivity contribution in [3.63, 3.8) is 0 Å². The molecule has 1 heteroatoms. The molecule has 84 valence electrons. The second kappa shape index (κ2) is 4.22. The number of hydrogen-bond donors (Lipinski definition) is 1. The second-order valence-corrected chi connectivity index (χ2v) is 6.33. The summed E-state index contributed by atoms with van der Waals surface area (Å²) in [7, 11) is 0. The molecule has 1 saturated carbocycles. The average molecular weight is 197 g/mol. The van der Waals surface area contributed by atoms with E-state index in [2.05, 4.69) is 39.9 Å². The first-order valence-electron chi connectivity index (χ1n) is 6.11. The lowest BCUT2D eigenvalue weighted by molar-refractivity contribution is 0.171. The largest absolute Gasteiger partial charge is 0.312 e. The van der Waals surface area contributed by atoms with Crippen molar-refractivity contribution in [3.8, 4) is 0 Å². The molecule has 1 aliphatic carbocycles. The first kappa shape index (κ1) is 12.0. The van der Waals surface area contributed by atoms with Crippen LogP contribution in [0.2, 0.25) is 0 Å². The predicted octanol–water partition coefficient (Wildman–Crippen LogP) is 3.59. The Labute approximate surface area is 89.7 Å². The minimum absolute atomic E-state index is 0.268. The first-order valence-corrected chi connectivity index (χ1v) is 6.11. The van der Waals surface area contributed by atoms with E-state index in [9.17, 15) is 0 Å². The number of hydrogen-bond acceptors (Lipinski definition) is 1. The Kier molecular flexibility index (Phi) is 3.63. The van der Waals surface area contributed by atoms with E-state index >= 15 is 0 Å². The van der Waals surface area contributed by atoms with Crippen molar-refractivity contribution in [2.75, 3.05) is 6.54 Å². The minimum Gasteiger partial charge on any atom is -0.312 e. The van der Waals surface area contributed by atoms with Crippen LogP contribution in [-0.4, -0.2) is 12.1 Å². The summed E-state index contributed by atoms with van der Waals surface area (Å²) in [5, 5.41) is 3.69. The third-order valence-electron chi connectivity index (χ3n) is 3.79. The summed E-state index contributed by atoms with van der Waals surface area (Å²) in [5.41, 5.74) is 0.859. The summed E-state index contributed by atoms with van der Waals surface area (Å²) < 4.78 is 0. The van der Waals surface area contributed by atoms with Gasteiger partial charge in [0, 0.05) is 12.1 Å². The second-order valence-electron chi connectivity index (χ2n) is 6.33. The van der Waals surface area contributed by atoms with Gasteiger partial charge in [-0.3, -0.25) is 0 Å². The molecule has 0 aromatic heterocycles. The van der Waals surface area contributed by atoms with Gasteiger partial charge in [0.1, 0.15) is 0 Å². The standard InChI is InChI=1S/C13H27N/c1-11(2)13(8-6-7-9-13)10-14-12(3,4)5/h11,14H,6-10H2,1-5H3. The monoisotopic (exact) mass is 197 g/mol. The third-order valence-corrected chi connectivity index (χ3v) is 3.79. The quantitative estimate of drug-likeness (QED) is 0.729. The fourth-order valence-corrected chi connectivity index (χ4v) is 2.48. The smallest absolute Gasteiger partial charge is 0.00967 e. The highest BCUT2D eigenvalue weighted by Crippen LogP contribution is 2.43. The van der Waals surface area contributed by atoms with E-state index in [1.807, 2.05) is 0 Å². The van der Waals surface area contributed by atoms with Crippen LogP contribution in [-0.2, 0) is 0 Å². The average Bonchev–Trinajstić information content (AvgIpc) is 2.48. The van der Waals surface area contributed by atoms with Crippen LogP contribution in [0, 0.1) is 11.3 Å². The third kappa shape index (κ3) is 2.98. The maximum atomic E-state index is 3.69. The zero-order chi connectivity index (χ0) is 10.8. The fourth-order valence-electron chi connectivity index (χ4n) is 2.48. The van der Waals surface area contributed by atoms with Crippen molar-refractivity contribution in [2.45, 2.75) is 65.8 Å². The van der Waals surface area contributed by atoms with Crippen molar-refractivity contribution in [1.82, 2.24) is 5.32 Å². The van der Waals surface area contributed by atoms with Crippen molar-refractivity contribution < 1.29 is 0 Å². The molecule has 0 atom stereocenters. The van der Waals surface area contributed by atoms with E-state index in [4.69, 9.17) is 0 Å². The predicted molar refractivity (Wildman–Crippen MR) is 63.5 cm³/mol. The lowest BCUT2D eigenvalue weighted by Gasteiger charge is -2.36. The minimum atomic E-state index is 0.268. The van der Waals surface area contributed by atoms with E-state index in [1.54, 1.807) is 0 Å². The molecule has 0 saturated heterocycles. The van der Waals surface area contributed by atoms with Crippen molar-refractivity contribution in [3.05, 3.63) is 0 Å². The summed E-state index contributed by atoms with van der Waals surface area (Å²) in [4.78, 5) is 0. The molecule has 1 nitrogen and oxygen atoms in total. The highest BCUT2D eigenvalue weighted by atomic mass is 15.0. The zero-order valence-corrected chi connectivity index (χ0v) is 10.6. The van der Waals surface area contributed by atoms with Gasteiger partial charge in [-0.05, 0) is 44.9 Å². The SMILES string of the molecule is CC(C)C1(CNC(C)(C)C)CCCC1. The molecule has 0 aliphatic heterocycles. The van der Waals surface area contributed by atoms with Gasteiger partial charge in [-0.1, -0.05) is 26.7 Å². The summed E-state index contributed by atoms with van der Waals surface area (Å²) in [6.45, 7) is 12.8. The Morgan fingerprint density at radius 1 is 1.14 bits per heavy atom. The van der Waals surface area contributed by atoms with Crippen LogP contribution >= 0.6 is 0 Å². The molecular weight excluding hydrogens is 170 g/mol. The molecule has 0 aromatic rings. The topological polar surface area (TPSA) is 12.0 Å². The molecule has 0 aromatic carbocycles. The molecule has 0 bridgehead atoms. The molecule has 1 fully saturated rings. The van der Waals surface area contributed by atoms with Gasteiger partial charge in [-0.25, -0.2) is 0 Å². The van der Waals surface area contributed by atoms with Gasteiger partial charge in [-0.2, -0.15) is 0 Å². The van der Waals surface area contributed by atoms with Crippen LogP contribution in [0.3, 0.4) is 0 Å². The fraction of sp³-hybridized carbons (Fsp3) is 1.00. The number of rotatable bonds is 3. The molecule has 0 unspecified atom stereocenters. The van der Waals surface area contributed by atoms with Gasteiger partial charge >= 0.3 is 0 Å². The van der Waals surface area contributed by atoms with E-state index in [-0.39, 0.29) is 5.54 Å². The molecule has 1 aliphatic rings. The Bertz CT molecular complexity index is 170. The van der Waals surface area contributed by atoms with E-state index in [1.165, 1.54) is 32.2 Å². The van der Waals surface area contributed by atoms with Gasteiger partial charge in [0.15, 0.2) is 0 Å².